The fourth-order valence-electron chi connectivity index (χ4n) is 4.07. The van der Waals surface area contributed by atoms with Crippen molar-refractivity contribution in [2.45, 2.75) is 6.42 Å². The Morgan fingerprint density at radius 3 is 2.76 bits per heavy atom. The lowest BCUT2D eigenvalue weighted by Gasteiger charge is -2.39. The molecule has 3 heterocycles. The lowest BCUT2D eigenvalue weighted by Crippen LogP contribution is -2.52. The van der Waals surface area contributed by atoms with Crippen LogP contribution in [0.1, 0.15) is 15.9 Å². The molecule has 2 aliphatic rings. The van der Waals surface area contributed by atoms with Gasteiger partial charge in [0.05, 0.1) is 12.2 Å². The molecule has 5 rings (SSSR count). The van der Waals surface area contributed by atoms with Crippen LogP contribution in [-0.4, -0.2) is 47.9 Å². The van der Waals surface area contributed by atoms with Gasteiger partial charge in [-0.05, 0) is 36.4 Å². The highest BCUT2D eigenvalue weighted by Gasteiger charge is 2.34. The molecule has 0 radical (unpaired) electrons. The summed E-state index contributed by atoms with van der Waals surface area (Å²) in [6.45, 7) is 1.07. The van der Waals surface area contributed by atoms with E-state index in [1.165, 1.54) is 29.3 Å². The zero-order valence-corrected chi connectivity index (χ0v) is 18.6. The highest BCUT2D eigenvalue weighted by atomic mass is 35.5. The molecule has 0 unspecified atom stereocenters. The molecule has 3 aromatic rings. The lowest BCUT2D eigenvalue weighted by atomic mass is 9.97. The van der Waals surface area contributed by atoms with Gasteiger partial charge in [0, 0.05) is 59.4 Å². The Morgan fingerprint density at radius 2 is 2.00 bits per heavy atom. The number of benzene rings is 2. The topological polar surface area (TPSA) is 68.7 Å². The van der Waals surface area contributed by atoms with Crippen molar-refractivity contribution in [3.63, 3.8) is 0 Å². The van der Waals surface area contributed by atoms with E-state index >= 15 is 0 Å². The van der Waals surface area contributed by atoms with E-state index in [4.69, 9.17) is 21.1 Å². The smallest absolute Gasteiger partial charge is 0.256 e. The molecule has 9 heteroatoms. The zero-order chi connectivity index (χ0) is 23.8. The number of Topliss-reactive ketones (excluding diaryl/α,β-unsaturated/α-hetero) is 1. The fourth-order valence-corrected chi connectivity index (χ4v) is 4.24. The minimum atomic E-state index is -0.670. The Hall–Kier alpha value is -3.52. The standard InChI is InChI=1S/C25H19ClF2N2O4/c26-17-2-3-22(19(7-17)15-1-4-24(28)29-9-15)33-12-14-10-30(11-14)25(32)20-6-16-5-18(31)13-34-23(16)8-21(20)27/h1-4,6-9,14H,5,10-13H2. The van der Waals surface area contributed by atoms with Crippen LogP contribution < -0.4 is 9.47 Å². The molecule has 1 amide bonds. The number of ether oxygens (including phenoxy) is 2. The zero-order valence-electron chi connectivity index (χ0n) is 17.9. The van der Waals surface area contributed by atoms with Gasteiger partial charge in [-0.1, -0.05) is 11.6 Å². The second-order valence-corrected chi connectivity index (χ2v) is 8.78. The largest absolute Gasteiger partial charge is 0.493 e. The Labute approximate surface area is 199 Å². The van der Waals surface area contributed by atoms with Crippen molar-refractivity contribution in [1.82, 2.24) is 9.88 Å². The number of fused-ring (bicyclic) bond motifs is 1. The number of halogens is 3. The number of ketones is 1. The molecule has 0 spiro atoms. The molecule has 2 aromatic carbocycles. The van der Waals surface area contributed by atoms with Gasteiger partial charge in [0.15, 0.2) is 5.78 Å². The van der Waals surface area contributed by atoms with Gasteiger partial charge in [-0.2, -0.15) is 4.39 Å². The molecule has 2 aliphatic heterocycles. The van der Waals surface area contributed by atoms with Crippen LogP contribution in [-0.2, 0) is 11.2 Å². The molecule has 1 aromatic heterocycles. The number of aromatic nitrogens is 1. The van der Waals surface area contributed by atoms with Crippen molar-refractivity contribution >= 4 is 23.3 Å². The van der Waals surface area contributed by atoms with Crippen LogP contribution in [0.25, 0.3) is 11.1 Å². The summed E-state index contributed by atoms with van der Waals surface area (Å²) in [6.07, 6.45) is 1.53. The van der Waals surface area contributed by atoms with E-state index in [9.17, 15) is 18.4 Å². The summed E-state index contributed by atoms with van der Waals surface area (Å²) < 4.78 is 38.9. The maximum absolute atomic E-state index is 14.5. The highest BCUT2D eigenvalue weighted by molar-refractivity contribution is 6.31. The Morgan fingerprint density at radius 1 is 1.18 bits per heavy atom. The Balaban J connectivity index is 1.23. The Bertz CT molecular complexity index is 1280. The number of rotatable bonds is 5. The SMILES string of the molecule is O=C1COc2cc(F)c(C(=O)N3CC(COc4ccc(Cl)cc4-c4ccc(F)nc4)C3)cc2C1. The normalized spacial score (nSPS) is 15.4. The van der Waals surface area contributed by atoms with Crippen LogP contribution in [0.5, 0.6) is 11.5 Å². The van der Waals surface area contributed by atoms with Gasteiger partial charge in [-0.25, -0.2) is 9.37 Å². The second-order valence-electron chi connectivity index (χ2n) is 8.34. The summed E-state index contributed by atoms with van der Waals surface area (Å²) in [5.41, 5.74) is 1.79. The van der Waals surface area contributed by atoms with E-state index in [0.29, 0.717) is 52.9 Å². The van der Waals surface area contributed by atoms with Crippen LogP contribution in [0.2, 0.25) is 5.02 Å². The number of hydrogen-bond donors (Lipinski definition) is 0. The number of likely N-dealkylation sites (tertiary alicyclic amines) is 1. The van der Waals surface area contributed by atoms with Gasteiger partial charge < -0.3 is 14.4 Å². The van der Waals surface area contributed by atoms with Crippen LogP contribution >= 0.6 is 11.6 Å². The number of carbonyl (C=O) groups excluding carboxylic acids is 2. The van der Waals surface area contributed by atoms with Crippen molar-refractivity contribution in [2.24, 2.45) is 5.92 Å². The van der Waals surface area contributed by atoms with Crippen molar-refractivity contribution in [3.05, 3.63) is 76.6 Å². The van der Waals surface area contributed by atoms with Gasteiger partial charge >= 0.3 is 0 Å². The Kier molecular flexibility index (Phi) is 5.91. The molecular formula is C25H19ClF2N2O4. The highest BCUT2D eigenvalue weighted by Crippen LogP contribution is 2.34. The van der Waals surface area contributed by atoms with Crippen LogP contribution in [0.3, 0.4) is 0 Å². The quantitative estimate of drug-likeness (QED) is 0.504. The molecule has 34 heavy (non-hydrogen) atoms. The van der Waals surface area contributed by atoms with Crippen molar-refractivity contribution in [1.29, 1.82) is 0 Å². The van der Waals surface area contributed by atoms with Crippen LogP contribution in [0.15, 0.2) is 48.7 Å². The average molecular weight is 485 g/mol. The van der Waals surface area contributed by atoms with Gasteiger partial charge in [0.1, 0.15) is 23.9 Å². The van der Waals surface area contributed by atoms with E-state index in [0.717, 1.165) is 0 Å². The summed E-state index contributed by atoms with van der Waals surface area (Å²) in [6, 6.07) is 10.6. The second kappa shape index (κ2) is 9.02. The molecule has 0 bridgehead atoms. The molecule has 0 atom stereocenters. The van der Waals surface area contributed by atoms with Crippen LogP contribution in [0.4, 0.5) is 8.78 Å². The predicted octanol–water partition coefficient (Wildman–Crippen LogP) is 4.34. The predicted molar refractivity (Wildman–Crippen MR) is 120 cm³/mol. The number of hydrogen-bond acceptors (Lipinski definition) is 5. The molecule has 1 saturated heterocycles. The van der Waals surface area contributed by atoms with E-state index in [1.54, 1.807) is 24.3 Å². The third-order valence-corrected chi connectivity index (χ3v) is 6.09. The van der Waals surface area contributed by atoms with E-state index in [2.05, 4.69) is 4.98 Å². The number of carbonyl (C=O) groups is 2. The summed E-state index contributed by atoms with van der Waals surface area (Å²) in [5, 5.41) is 0.506. The molecule has 0 aliphatic carbocycles. The van der Waals surface area contributed by atoms with Gasteiger partial charge in [-0.3, -0.25) is 9.59 Å². The molecule has 174 valence electrons. The minimum absolute atomic E-state index is 0.0596. The van der Waals surface area contributed by atoms with E-state index < -0.39 is 17.7 Å². The molecule has 6 nitrogen and oxygen atoms in total. The number of nitrogens with zero attached hydrogens (tertiary/aromatic N) is 2. The van der Waals surface area contributed by atoms with Crippen LogP contribution in [0, 0.1) is 17.7 Å². The summed E-state index contributed by atoms with van der Waals surface area (Å²) in [4.78, 5) is 29.6. The maximum atomic E-state index is 14.5. The summed E-state index contributed by atoms with van der Waals surface area (Å²) in [7, 11) is 0. The first-order valence-corrected chi connectivity index (χ1v) is 11.1. The molecule has 1 fully saturated rings. The summed E-state index contributed by atoms with van der Waals surface area (Å²) >= 11 is 6.13. The first kappa shape index (κ1) is 22.3. The first-order valence-electron chi connectivity index (χ1n) is 10.7. The van der Waals surface area contributed by atoms with E-state index in [1.807, 2.05) is 0 Å². The van der Waals surface area contributed by atoms with E-state index in [-0.39, 0.29) is 30.3 Å². The first-order chi connectivity index (χ1) is 16.4. The maximum Gasteiger partial charge on any atom is 0.256 e. The molecule has 0 N–H and O–H groups in total. The van der Waals surface area contributed by atoms with Crippen molar-refractivity contribution in [3.8, 4) is 22.6 Å². The fraction of sp³-hybridized carbons (Fsp3) is 0.240. The minimum Gasteiger partial charge on any atom is -0.493 e. The summed E-state index contributed by atoms with van der Waals surface area (Å²) in [5.74, 6) is -0.870. The van der Waals surface area contributed by atoms with Crippen molar-refractivity contribution in [2.75, 3.05) is 26.3 Å². The van der Waals surface area contributed by atoms with Gasteiger partial charge in [0.2, 0.25) is 5.95 Å². The number of amides is 1. The molecule has 0 saturated carbocycles. The monoisotopic (exact) mass is 484 g/mol. The molecular weight excluding hydrogens is 466 g/mol. The van der Waals surface area contributed by atoms with Gasteiger partial charge in [-0.15, -0.1) is 0 Å². The third-order valence-electron chi connectivity index (χ3n) is 5.86. The van der Waals surface area contributed by atoms with Gasteiger partial charge in [0.25, 0.3) is 5.91 Å². The number of pyridine rings is 1. The lowest BCUT2D eigenvalue weighted by molar-refractivity contribution is -0.121. The van der Waals surface area contributed by atoms with Crippen molar-refractivity contribution < 1.29 is 27.8 Å². The average Bonchev–Trinajstić information content (AvgIpc) is 2.79. The third kappa shape index (κ3) is 4.46.